The third-order valence-electron chi connectivity index (χ3n) is 3.27. The molecule has 0 amide bonds. The van der Waals surface area contributed by atoms with Gasteiger partial charge in [0.1, 0.15) is 5.82 Å². The molecule has 3 rings (SSSR count). The highest BCUT2D eigenvalue weighted by atomic mass is 19.1. The molecule has 0 saturated heterocycles. The second-order valence-electron chi connectivity index (χ2n) is 4.32. The van der Waals surface area contributed by atoms with Crippen molar-refractivity contribution in [2.24, 2.45) is 5.73 Å². The van der Waals surface area contributed by atoms with Crippen LogP contribution in [0.5, 0.6) is 0 Å². The van der Waals surface area contributed by atoms with E-state index < -0.39 is 12.0 Å². The van der Waals surface area contributed by atoms with Crippen LogP contribution in [0.4, 0.5) is 4.39 Å². The first-order valence-corrected chi connectivity index (χ1v) is 5.50. The molecule has 0 fully saturated rings. The van der Waals surface area contributed by atoms with E-state index in [0.29, 0.717) is 5.56 Å². The number of fused-ring (bicyclic) bond motifs is 3. The number of rotatable bonds is 1. The van der Waals surface area contributed by atoms with Crippen LogP contribution in [-0.4, -0.2) is 11.1 Å². The molecule has 2 aromatic carbocycles. The van der Waals surface area contributed by atoms with Gasteiger partial charge in [0.05, 0.1) is 11.6 Å². The Kier molecular flexibility index (Phi) is 2.21. The normalized spacial score (nSPS) is 16.2. The molecule has 0 aromatic heterocycles. The van der Waals surface area contributed by atoms with Gasteiger partial charge < -0.3 is 10.8 Å². The summed E-state index contributed by atoms with van der Waals surface area (Å²) in [4.78, 5) is 10.9. The van der Waals surface area contributed by atoms with Gasteiger partial charge in [0, 0.05) is 0 Å². The molecule has 1 atom stereocenters. The fraction of sp³-hybridized carbons (Fsp3) is 0.0714. The van der Waals surface area contributed by atoms with Gasteiger partial charge >= 0.3 is 5.97 Å². The molecule has 90 valence electrons. The van der Waals surface area contributed by atoms with E-state index in [2.05, 4.69) is 0 Å². The maximum absolute atomic E-state index is 13.2. The summed E-state index contributed by atoms with van der Waals surface area (Å²) in [7, 11) is 0. The molecule has 0 radical (unpaired) electrons. The van der Waals surface area contributed by atoms with Gasteiger partial charge in [-0.25, -0.2) is 9.18 Å². The van der Waals surface area contributed by atoms with E-state index in [0.717, 1.165) is 16.7 Å². The number of hydrogen-bond donors (Lipinski definition) is 2. The summed E-state index contributed by atoms with van der Waals surface area (Å²) in [5, 5.41) is 8.96. The van der Waals surface area contributed by atoms with Crippen LogP contribution in [0.2, 0.25) is 0 Å². The summed E-state index contributed by atoms with van der Waals surface area (Å²) in [5.74, 6) is -1.33. The molecule has 0 heterocycles. The van der Waals surface area contributed by atoms with E-state index in [-0.39, 0.29) is 11.4 Å². The van der Waals surface area contributed by atoms with Crippen LogP contribution < -0.4 is 5.73 Å². The summed E-state index contributed by atoms with van der Waals surface area (Å²) in [6, 6.07) is 8.81. The van der Waals surface area contributed by atoms with Gasteiger partial charge in [0.15, 0.2) is 0 Å². The fourth-order valence-corrected chi connectivity index (χ4v) is 2.40. The Bertz CT molecular complexity index is 667. The van der Waals surface area contributed by atoms with Crippen molar-refractivity contribution in [1.29, 1.82) is 0 Å². The van der Waals surface area contributed by atoms with Crippen molar-refractivity contribution < 1.29 is 14.3 Å². The summed E-state index contributed by atoms with van der Waals surface area (Å²) in [6.45, 7) is 0. The van der Waals surface area contributed by atoms with Crippen molar-refractivity contribution in [3.05, 3.63) is 58.9 Å². The molecule has 0 bridgehead atoms. The predicted octanol–water partition coefficient (Wildman–Crippen LogP) is 2.55. The Balaban J connectivity index is 2.23. The molecule has 0 aliphatic heterocycles. The van der Waals surface area contributed by atoms with Crippen molar-refractivity contribution in [3.8, 4) is 11.1 Å². The van der Waals surface area contributed by atoms with Gasteiger partial charge in [-0.3, -0.25) is 0 Å². The minimum absolute atomic E-state index is 0.192. The zero-order valence-electron chi connectivity index (χ0n) is 9.35. The Hall–Kier alpha value is -2.20. The average molecular weight is 243 g/mol. The van der Waals surface area contributed by atoms with Crippen LogP contribution in [0.1, 0.15) is 27.5 Å². The smallest absolute Gasteiger partial charge is 0.335 e. The third-order valence-corrected chi connectivity index (χ3v) is 3.27. The van der Waals surface area contributed by atoms with E-state index in [9.17, 15) is 9.18 Å². The fourth-order valence-electron chi connectivity index (χ4n) is 2.40. The van der Waals surface area contributed by atoms with Crippen LogP contribution >= 0.6 is 0 Å². The monoisotopic (exact) mass is 243 g/mol. The summed E-state index contributed by atoms with van der Waals surface area (Å²) >= 11 is 0. The summed E-state index contributed by atoms with van der Waals surface area (Å²) in [6.07, 6.45) is 0. The number of carbonyl (C=O) groups is 1. The average Bonchev–Trinajstić information content (AvgIpc) is 2.62. The maximum Gasteiger partial charge on any atom is 0.335 e. The van der Waals surface area contributed by atoms with Crippen LogP contribution in [0.25, 0.3) is 11.1 Å². The van der Waals surface area contributed by atoms with E-state index in [1.54, 1.807) is 18.2 Å². The highest BCUT2D eigenvalue weighted by molar-refractivity contribution is 5.90. The minimum Gasteiger partial charge on any atom is -0.478 e. The zero-order chi connectivity index (χ0) is 12.9. The highest BCUT2D eigenvalue weighted by Crippen LogP contribution is 2.42. The Morgan fingerprint density at radius 3 is 2.39 bits per heavy atom. The first-order chi connectivity index (χ1) is 8.58. The maximum atomic E-state index is 13.2. The standard InChI is InChI=1S/C14H10FNO2/c15-8-2-4-10-9-3-1-7(14(17)18)5-11(9)13(16)12(10)6-8/h1-6,13H,16H2,(H,17,18). The number of benzene rings is 2. The second kappa shape index (κ2) is 3.65. The molecule has 2 aromatic rings. The van der Waals surface area contributed by atoms with Crippen LogP contribution in [0.3, 0.4) is 0 Å². The predicted molar refractivity (Wildman–Crippen MR) is 64.8 cm³/mol. The first-order valence-electron chi connectivity index (χ1n) is 5.50. The highest BCUT2D eigenvalue weighted by Gasteiger charge is 2.27. The molecule has 0 saturated carbocycles. The van der Waals surface area contributed by atoms with Crippen LogP contribution in [0.15, 0.2) is 36.4 Å². The van der Waals surface area contributed by atoms with Crippen LogP contribution in [0, 0.1) is 5.82 Å². The van der Waals surface area contributed by atoms with Gasteiger partial charge in [-0.1, -0.05) is 12.1 Å². The first kappa shape index (κ1) is 10.9. The molecule has 3 nitrogen and oxygen atoms in total. The Morgan fingerprint density at radius 2 is 1.72 bits per heavy atom. The summed E-state index contributed by atoms with van der Waals surface area (Å²) < 4.78 is 13.2. The number of aromatic carboxylic acids is 1. The Labute approximate surface area is 103 Å². The number of hydrogen-bond acceptors (Lipinski definition) is 2. The molecule has 1 aliphatic carbocycles. The van der Waals surface area contributed by atoms with E-state index >= 15 is 0 Å². The molecule has 18 heavy (non-hydrogen) atoms. The molecule has 4 heteroatoms. The van der Waals surface area contributed by atoms with Crippen molar-refractivity contribution in [1.82, 2.24) is 0 Å². The van der Waals surface area contributed by atoms with Gasteiger partial charge in [0.2, 0.25) is 0 Å². The van der Waals surface area contributed by atoms with E-state index in [1.807, 2.05) is 0 Å². The van der Waals surface area contributed by atoms with Crippen molar-refractivity contribution >= 4 is 5.97 Å². The topological polar surface area (TPSA) is 63.3 Å². The van der Waals surface area contributed by atoms with Gasteiger partial charge in [-0.15, -0.1) is 0 Å². The Morgan fingerprint density at radius 1 is 1.11 bits per heavy atom. The van der Waals surface area contributed by atoms with Crippen molar-refractivity contribution in [2.45, 2.75) is 6.04 Å². The zero-order valence-corrected chi connectivity index (χ0v) is 9.35. The largest absolute Gasteiger partial charge is 0.478 e. The lowest BCUT2D eigenvalue weighted by Crippen LogP contribution is -2.09. The molecule has 1 aliphatic rings. The molecular formula is C14H10FNO2. The number of nitrogens with two attached hydrogens (primary N) is 1. The SMILES string of the molecule is NC1c2cc(F)ccc2-c2ccc(C(=O)O)cc21. The van der Waals surface area contributed by atoms with Crippen molar-refractivity contribution in [2.75, 3.05) is 0 Å². The van der Waals surface area contributed by atoms with E-state index in [1.165, 1.54) is 18.2 Å². The van der Waals surface area contributed by atoms with Gasteiger partial charge in [-0.05, 0) is 46.5 Å². The number of halogens is 1. The van der Waals surface area contributed by atoms with Gasteiger partial charge in [-0.2, -0.15) is 0 Å². The molecule has 0 spiro atoms. The number of carboxylic acids is 1. The third kappa shape index (κ3) is 1.43. The van der Waals surface area contributed by atoms with Crippen molar-refractivity contribution in [3.63, 3.8) is 0 Å². The molecule has 3 N–H and O–H groups in total. The summed E-state index contributed by atoms with van der Waals surface area (Å²) in [5.41, 5.74) is 9.41. The lowest BCUT2D eigenvalue weighted by Gasteiger charge is -2.06. The lowest BCUT2D eigenvalue weighted by molar-refractivity contribution is 0.0697. The van der Waals surface area contributed by atoms with Crippen LogP contribution in [-0.2, 0) is 0 Å². The quantitative estimate of drug-likeness (QED) is 0.809. The van der Waals surface area contributed by atoms with E-state index in [4.69, 9.17) is 10.8 Å². The second-order valence-corrected chi connectivity index (χ2v) is 4.32. The number of carboxylic acid groups (broad SMARTS) is 1. The molecule has 1 unspecified atom stereocenters. The van der Waals surface area contributed by atoms with Gasteiger partial charge in [0.25, 0.3) is 0 Å². The lowest BCUT2D eigenvalue weighted by atomic mass is 10.0. The molecular weight excluding hydrogens is 233 g/mol. The minimum atomic E-state index is -0.993.